The van der Waals surface area contributed by atoms with Crippen LogP contribution in [0.2, 0.25) is 0 Å². The third-order valence-corrected chi connectivity index (χ3v) is 5.07. The number of ether oxygens (including phenoxy) is 1. The molecule has 3 aromatic rings. The summed E-state index contributed by atoms with van der Waals surface area (Å²) in [7, 11) is 1.64. The quantitative estimate of drug-likeness (QED) is 0.446. The standard InChI is InChI=1S/C17H14N2O2S2/c1-4-7-22-17-18-15(20)14-12(9-23-16(14)19-17)11-5-6-13(21-3)10(2)8-11/h1,5-6,8-9H,7H2,2-3H3,(H,18,19,20). The van der Waals surface area contributed by atoms with E-state index < -0.39 is 0 Å². The highest BCUT2D eigenvalue weighted by Gasteiger charge is 2.14. The minimum atomic E-state index is -0.140. The van der Waals surface area contributed by atoms with Gasteiger partial charge in [-0.3, -0.25) is 4.79 Å². The lowest BCUT2D eigenvalue weighted by Gasteiger charge is -2.07. The second-order valence-corrected chi connectivity index (χ2v) is 6.70. The molecule has 0 bridgehead atoms. The largest absolute Gasteiger partial charge is 0.496 e. The molecule has 23 heavy (non-hydrogen) atoms. The van der Waals surface area contributed by atoms with Crippen LogP contribution in [-0.4, -0.2) is 22.8 Å². The van der Waals surface area contributed by atoms with E-state index in [1.165, 1.54) is 23.1 Å². The van der Waals surface area contributed by atoms with E-state index in [0.717, 1.165) is 27.3 Å². The van der Waals surface area contributed by atoms with Gasteiger partial charge in [-0.1, -0.05) is 23.7 Å². The van der Waals surface area contributed by atoms with Crippen molar-refractivity contribution in [1.82, 2.24) is 9.97 Å². The van der Waals surface area contributed by atoms with Gasteiger partial charge in [0.15, 0.2) is 5.16 Å². The van der Waals surface area contributed by atoms with Crippen molar-refractivity contribution >= 4 is 33.3 Å². The Labute approximate surface area is 141 Å². The highest BCUT2D eigenvalue weighted by molar-refractivity contribution is 7.99. The fraction of sp³-hybridized carbons (Fsp3) is 0.176. The number of nitrogens with one attached hydrogen (secondary N) is 1. The van der Waals surface area contributed by atoms with Gasteiger partial charge in [-0.05, 0) is 30.2 Å². The van der Waals surface area contributed by atoms with Gasteiger partial charge in [0.05, 0.1) is 18.2 Å². The molecule has 0 radical (unpaired) electrons. The van der Waals surface area contributed by atoms with Gasteiger partial charge in [0.25, 0.3) is 5.56 Å². The lowest BCUT2D eigenvalue weighted by atomic mass is 10.0. The molecule has 0 amide bonds. The van der Waals surface area contributed by atoms with E-state index in [9.17, 15) is 4.79 Å². The van der Waals surface area contributed by atoms with Crippen LogP contribution in [0, 0.1) is 19.3 Å². The number of thioether (sulfide) groups is 1. The molecule has 2 aromatic heterocycles. The maximum atomic E-state index is 12.4. The van der Waals surface area contributed by atoms with E-state index in [1.807, 2.05) is 30.5 Å². The first-order chi connectivity index (χ1) is 11.1. The molecule has 3 rings (SSSR count). The zero-order valence-electron chi connectivity index (χ0n) is 12.7. The Bertz CT molecular complexity index is 967. The molecule has 0 spiro atoms. The molecule has 1 aromatic carbocycles. The lowest BCUT2D eigenvalue weighted by Crippen LogP contribution is -2.08. The molecule has 0 saturated carbocycles. The summed E-state index contributed by atoms with van der Waals surface area (Å²) in [6.45, 7) is 1.98. The number of H-pyrrole nitrogens is 1. The molecule has 4 nitrogen and oxygen atoms in total. The molecule has 116 valence electrons. The maximum Gasteiger partial charge on any atom is 0.260 e. The minimum absolute atomic E-state index is 0.140. The summed E-state index contributed by atoms with van der Waals surface area (Å²) in [4.78, 5) is 20.4. The summed E-state index contributed by atoms with van der Waals surface area (Å²) in [6.07, 6.45) is 5.25. The zero-order chi connectivity index (χ0) is 16.4. The number of hydrogen-bond acceptors (Lipinski definition) is 5. The van der Waals surface area contributed by atoms with E-state index in [2.05, 4.69) is 15.9 Å². The van der Waals surface area contributed by atoms with Crippen LogP contribution in [0.15, 0.2) is 33.5 Å². The summed E-state index contributed by atoms with van der Waals surface area (Å²) in [5.41, 5.74) is 2.75. The lowest BCUT2D eigenvalue weighted by molar-refractivity contribution is 0.412. The van der Waals surface area contributed by atoms with Gasteiger partial charge < -0.3 is 9.72 Å². The van der Waals surface area contributed by atoms with Crippen LogP contribution in [0.25, 0.3) is 21.3 Å². The number of fused-ring (bicyclic) bond motifs is 1. The number of terminal acetylenes is 1. The fourth-order valence-electron chi connectivity index (χ4n) is 2.37. The first kappa shape index (κ1) is 15.7. The molecule has 0 unspecified atom stereocenters. The van der Waals surface area contributed by atoms with Gasteiger partial charge in [0.2, 0.25) is 0 Å². The molecule has 0 aliphatic carbocycles. The van der Waals surface area contributed by atoms with Crippen LogP contribution in [0.4, 0.5) is 0 Å². The number of aryl methyl sites for hydroxylation is 1. The Morgan fingerprint density at radius 2 is 2.30 bits per heavy atom. The third kappa shape index (κ3) is 2.98. The van der Waals surface area contributed by atoms with Crippen molar-refractivity contribution in [3.8, 4) is 29.2 Å². The number of aromatic amines is 1. The molecule has 2 heterocycles. The van der Waals surface area contributed by atoms with Crippen LogP contribution >= 0.6 is 23.1 Å². The van der Waals surface area contributed by atoms with Crippen molar-refractivity contribution < 1.29 is 4.74 Å². The molecular weight excluding hydrogens is 328 g/mol. The molecule has 0 fully saturated rings. The number of methoxy groups -OCH3 is 1. The predicted molar refractivity (Wildman–Crippen MR) is 96.5 cm³/mol. The van der Waals surface area contributed by atoms with E-state index in [0.29, 0.717) is 16.3 Å². The van der Waals surface area contributed by atoms with Gasteiger partial charge in [-0.2, -0.15) is 0 Å². The topological polar surface area (TPSA) is 55.0 Å². The number of rotatable bonds is 4. The van der Waals surface area contributed by atoms with Crippen LogP contribution in [0.3, 0.4) is 0 Å². The summed E-state index contributed by atoms with van der Waals surface area (Å²) in [5, 5.41) is 3.13. The summed E-state index contributed by atoms with van der Waals surface area (Å²) < 4.78 is 5.29. The highest BCUT2D eigenvalue weighted by Crippen LogP contribution is 2.33. The Balaban J connectivity index is 2.11. The highest BCUT2D eigenvalue weighted by atomic mass is 32.2. The molecule has 6 heteroatoms. The third-order valence-electron chi connectivity index (χ3n) is 3.42. The van der Waals surface area contributed by atoms with Gasteiger partial charge in [-0.25, -0.2) is 4.98 Å². The minimum Gasteiger partial charge on any atom is -0.496 e. The van der Waals surface area contributed by atoms with Crippen molar-refractivity contribution in [3.05, 3.63) is 39.5 Å². The molecule has 0 aliphatic rings. The molecule has 0 aliphatic heterocycles. The zero-order valence-corrected chi connectivity index (χ0v) is 14.3. The van der Waals surface area contributed by atoms with Crippen molar-refractivity contribution in [3.63, 3.8) is 0 Å². The van der Waals surface area contributed by atoms with Crippen molar-refractivity contribution in [2.75, 3.05) is 12.9 Å². The Hall–Kier alpha value is -2.23. The number of nitrogens with zero attached hydrogens (tertiary/aromatic N) is 1. The van der Waals surface area contributed by atoms with Crippen LogP contribution < -0.4 is 10.3 Å². The van der Waals surface area contributed by atoms with Gasteiger partial charge in [0.1, 0.15) is 10.6 Å². The van der Waals surface area contributed by atoms with E-state index >= 15 is 0 Å². The van der Waals surface area contributed by atoms with E-state index in [4.69, 9.17) is 11.2 Å². The van der Waals surface area contributed by atoms with Gasteiger partial charge in [0, 0.05) is 10.9 Å². The van der Waals surface area contributed by atoms with Crippen molar-refractivity contribution in [1.29, 1.82) is 0 Å². The molecule has 0 atom stereocenters. The summed E-state index contributed by atoms with van der Waals surface area (Å²) in [5.74, 6) is 3.83. The van der Waals surface area contributed by atoms with Crippen molar-refractivity contribution in [2.24, 2.45) is 0 Å². The summed E-state index contributed by atoms with van der Waals surface area (Å²) in [6, 6.07) is 5.88. The second kappa shape index (κ2) is 6.49. The summed E-state index contributed by atoms with van der Waals surface area (Å²) >= 11 is 2.81. The maximum absolute atomic E-state index is 12.4. The first-order valence-electron chi connectivity index (χ1n) is 6.87. The Morgan fingerprint density at radius 1 is 1.48 bits per heavy atom. The normalized spacial score (nSPS) is 10.7. The number of aromatic nitrogens is 2. The number of benzene rings is 1. The van der Waals surface area contributed by atoms with Crippen LogP contribution in [0.5, 0.6) is 5.75 Å². The van der Waals surface area contributed by atoms with Crippen LogP contribution in [-0.2, 0) is 0 Å². The Morgan fingerprint density at radius 3 is 3.00 bits per heavy atom. The van der Waals surface area contributed by atoms with Crippen molar-refractivity contribution in [2.45, 2.75) is 12.1 Å². The fourth-order valence-corrected chi connectivity index (χ4v) is 3.91. The average molecular weight is 342 g/mol. The number of hydrogen-bond donors (Lipinski definition) is 1. The molecule has 0 saturated heterocycles. The van der Waals surface area contributed by atoms with E-state index in [1.54, 1.807) is 7.11 Å². The van der Waals surface area contributed by atoms with Gasteiger partial charge in [-0.15, -0.1) is 17.8 Å². The van der Waals surface area contributed by atoms with E-state index in [-0.39, 0.29) is 5.56 Å². The SMILES string of the molecule is C#CCSc1nc2scc(-c3ccc(OC)c(C)c3)c2c(=O)[nH]1. The first-order valence-corrected chi connectivity index (χ1v) is 8.73. The Kier molecular flexibility index (Phi) is 4.42. The number of thiophene rings is 1. The molecule has 1 N–H and O–H groups in total. The molecular formula is C17H14N2O2S2. The predicted octanol–water partition coefficient (Wildman–Crippen LogP) is 3.69. The second-order valence-electron chi connectivity index (χ2n) is 4.88. The monoisotopic (exact) mass is 342 g/mol. The smallest absolute Gasteiger partial charge is 0.260 e. The van der Waals surface area contributed by atoms with Gasteiger partial charge >= 0.3 is 0 Å². The van der Waals surface area contributed by atoms with Crippen LogP contribution in [0.1, 0.15) is 5.56 Å². The average Bonchev–Trinajstić information content (AvgIpc) is 2.97.